The zero-order chi connectivity index (χ0) is 19.6. The molecule has 4 aromatic rings. The fourth-order valence-corrected chi connectivity index (χ4v) is 3.64. The highest BCUT2D eigenvalue weighted by atomic mass is 35.5. The van der Waals surface area contributed by atoms with Crippen LogP contribution in [0.3, 0.4) is 0 Å². The summed E-state index contributed by atoms with van der Waals surface area (Å²) in [6.07, 6.45) is 3.02. The minimum absolute atomic E-state index is 0.0912. The van der Waals surface area contributed by atoms with Gasteiger partial charge in [0.1, 0.15) is 12.7 Å². The number of ketones is 1. The van der Waals surface area contributed by atoms with Crippen LogP contribution in [0.25, 0.3) is 0 Å². The third-order valence-electron chi connectivity index (χ3n) is 4.89. The van der Waals surface area contributed by atoms with Crippen LogP contribution in [0.5, 0.6) is 0 Å². The predicted octanol–water partition coefficient (Wildman–Crippen LogP) is 4.91. The van der Waals surface area contributed by atoms with Crippen LogP contribution < -0.4 is 0 Å². The van der Waals surface area contributed by atoms with E-state index in [0.29, 0.717) is 10.6 Å². The Balaban J connectivity index is 2.09. The van der Waals surface area contributed by atoms with Crippen LogP contribution in [-0.2, 0) is 5.54 Å². The molecule has 1 unspecified atom stereocenters. The van der Waals surface area contributed by atoms with Crippen molar-refractivity contribution in [2.75, 3.05) is 0 Å². The van der Waals surface area contributed by atoms with Crippen LogP contribution in [0.4, 0.5) is 0 Å². The highest BCUT2D eigenvalue weighted by molar-refractivity contribution is 6.31. The van der Waals surface area contributed by atoms with E-state index in [9.17, 15) is 4.79 Å². The number of hydrogen-bond donors (Lipinski definition) is 0. The molecule has 0 amide bonds. The summed E-state index contributed by atoms with van der Waals surface area (Å²) in [5.74, 6) is -0.0912. The smallest absolute Gasteiger partial charge is 0.199 e. The first kappa shape index (κ1) is 18.1. The normalized spacial score (nSPS) is 13.1. The number of rotatable bonds is 5. The average molecular weight is 388 g/mol. The van der Waals surface area contributed by atoms with Gasteiger partial charge in [0.15, 0.2) is 11.3 Å². The Morgan fingerprint density at radius 3 is 2.21 bits per heavy atom. The molecule has 0 bridgehead atoms. The van der Waals surface area contributed by atoms with Crippen LogP contribution in [0, 0.1) is 6.92 Å². The van der Waals surface area contributed by atoms with Crippen LogP contribution in [0.15, 0.2) is 91.5 Å². The Bertz CT molecular complexity index is 1100. The van der Waals surface area contributed by atoms with Gasteiger partial charge in [-0.05, 0) is 29.7 Å². The molecule has 0 fully saturated rings. The number of halogens is 1. The van der Waals surface area contributed by atoms with Crippen molar-refractivity contribution in [3.63, 3.8) is 0 Å². The number of aryl methyl sites for hydroxylation is 1. The fraction of sp³-hybridized carbons (Fsp3) is 0.0870. The van der Waals surface area contributed by atoms with E-state index in [1.165, 1.54) is 6.33 Å². The lowest BCUT2D eigenvalue weighted by molar-refractivity contribution is 0.0878. The Labute approximate surface area is 168 Å². The number of benzene rings is 3. The summed E-state index contributed by atoms with van der Waals surface area (Å²) in [4.78, 5) is 18.2. The summed E-state index contributed by atoms with van der Waals surface area (Å²) in [6.45, 7) is 1.93. The van der Waals surface area contributed by atoms with E-state index in [2.05, 4.69) is 10.1 Å². The van der Waals surface area contributed by atoms with Crippen LogP contribution in [0.1, 0.15) is 27.0 Å². The van der Waals surface area contributed by atoms with E-state index in [4.69, 9.17) is 11.6 Å². The van der Waals surface area contributed by atoms with Crippen molar-refractivity contribution in [1.29, 1.82) is 0 Å². The first-order valence-corrected chi connectivity index (χ1v) is 9.29. The lowest BCUT2D eigenvalue weighted by Gasteiger charge is -2.34. The molecule has 0 radical (unpaired) electrons. The van der Waals surface area contributed by atoms with Gasteiger partial charge in [-0.25, -0.2) is 9.67 Å². The van der Waals surface area contributed by atoms with Gasteiger partial charge in [0.05, 0.1) is 0 Å². The van der Waals surface area contributed by atoms with Gasteiger partial charge >= 0.3 is 0 Å². The number of aromatic nitrogens is 3. The molecule has 0 N–H and O–H groups in total. The summed E-state index contributed by atoms with van der Waals surface area (Å²) < 4.78 is 1.63. The fourth-order valence-electron chi connectivity index (χ4n) is 3.53. The summed E-state index contributed by atoms with van der Waals surface area (Å²) in [7, 11) is 0. The minimum atomic E-state index is -1.20. The molecule has 1 atom stereocenters. The van der Waals surface area contributed by atoms with Gasteiger partial charge < -0.3 is 0 Å². The molecular weight excluding hydrogens is 370 g/mol. The second-order valence-corrected chi connectivity index (χ2v) is 6.98. The van der Waals surface area contributed by atoms with Gasteiger partial charge in [0.25, 0.3) is 0 Å². The summed E-state index contributed by atoms with van der Waals surface area (Å²) in [6, 6.07) is 24.5. The van der Waals surface area contributed by atoms with Crippen molar-refractivity contribution < 1.29 is 4.79 Å². The monoisotopic (exact) mass is 387 g/mol. The molecule has 0 aliphatic carbocycles. The molecule has 0 aliphatic rings. The maximum absolute atomic E-state index is 14.0. The molecule has 0 saturated heterocycles. The van der Waals surface area contributed by atoms with Crippen LogP contribution in [0.2, 0.25) is 5.02 Å². The topological polar surface area (TPSA) is 47.8 Å². The maximum atomic E-state index is 14.0. The second kappa shape index (κ2) is 7.41. The molecule has 1 aromatic heterocycles. The van der Waals surface area contributed by atoms with Crippen molar-refractivity contribution in [2.24, 2.45) is 0 Å². The van der Waals surface area contributed by atoms with Gasteiger partial charge in [-0.3, -0.25) is 4.79 Å². The van der Waals surface area contributed by atoms with E-state index >= 15 is 0 Å². The average Bonchev–Trinajstić information content (AvgIpc) is 3.27. The van der Waals surface area contributed by atoms with E-state index in [0.717, 1.165) is 16.7 Å². The molecule has 28 heavy (non-hydrogen) atoms. The summed E-state index contributed by atoms with van der Waals surface area (Å²) >= 11 is 6.28. The van der Waals surface area contributed by atoms with Gasteiger partial charge in [0.2, 0.25) is 0 Å². The molecule has 0 spiro atoms. The summed E-state index contributed by atoms with van der Waals surface area (Å²) in [5, 5.41) is 5.04. The Morgan fingerprint density at radius 1 is 0.929 bits per heavy atom. The third-order valence-corrected chi connectivity index (χ3v) is 5.32. The van der Waals surface area contributed by atoms with E-state index < -0.39 is 5.54 Å². The molecule has 1 heterocycles. The maximum Gasteiger partial charge on any atom is 0.199 e. The number of carbonyl (C=O) groups is 1. The zero-order valence-electron chi connectivity index (χ0n) is 15.3. The van der Waals surface area contributed by atoms with E-state index in [1.54, 1.807) is 11.0 Å². The lowest BCUT2D eigenvalue weighted by atomic mass is 9.76. The number of Topliss-reactive ketones (excluding diaryl/α,β-unsaturated/α-hetero) is 1. The first-order valence-electron chi connectivity index (χ1n) is 8.91. The molecular formula is C23H18ClN3O. The van der Waals surface area contributed by atoms with Crippen LogP contribution in [-0.4, -0.2) is 20.5 Å². The summed E-state index contributed by atoms with van der Waals surface area (Å²) in [5.41, 5.74) is 1.86. The largest absolute Gasteiger partial charge is 0.291 e. The van der Waals surface area contributed by atoms with Crippen molar-refractivity contribution >= 4 is 17.4 Å². The third kappa shape index (κ3) is 2.92. The highest BCUT2D eigenvalue weighted by Gasteiger charge is 2.45. The SMILES string of the molecule is Cc1cc(C(C(=O)c2ccccc2)(c2ccccc2)n2cncn2)ccc1Cl. The molecule has 138 valence electrons. The van der Waals surface area contributed by atoms with Gasteiger partial charge in [-0.2, -0.15) is 5.10 Å². The molecule has 0 aliphatic heterocycles. The molecule has 3 aromatic carbocycles. The number of nitrogens with zero attached hydrogens (tertiary/aromatic N) is 3. The Kier molecular flexibility index (Phi) is 4.80. The van der Waals surface area contributed by atoms with Gasteiger partial charge in [-0.15, -0.1) is 0 Å². The molecule has 5 heteroatoms. The quantitative estimate of drug-likeness (QED) is 0.457. The molecule has 0 saturated carbocycles. The zero-order valence-corrected chi connectivity index (χ0v) is 16.0. The molecule has 4 nitrogen and oxygen atoms in total. The number of carbonyl (C=O) groups excluding carboxylic acids is 1. The van der Waals surface area contributed by atoms with E-state index in [1.807, 2.05) is 85.8 Å². The molecule has 4 rings (SSSR count). The van der Waals surface area contributed by atoms with Crippen molar-refractivity contribution in [1.82, 2.24) is 14.8 Å². The predicted molar refractivity (Wildman–Crippen MR) is 110 cm³/mol. The van der Waals surface area contributed by atoms with Gasteiger partial charge in [0, 0.05) is 10.6 Å². The van der Waals surface area contributed by atoms with Crippen LogP contribution >= 0.6 is 11.6 Å². The Hall–Kier alpha value is -3.24. The van der Waals surface area contributed by atoms with Gasteiger partial charge in [-0.1, -0.05) is 84.4 Å². The van der Waals surface area contributed by atoms with Crippen molar-refractivity contribution in [3.8, 4) is 0 Å². The lowest BCUT2D eigenvalue weighted by Crippen LogP contribution is -2.45. The first-order chi connectivity index (χ1) is 13.6. The van der Waals surface area contributed by atoms with Crippen molar-refractivity contribution in [3.05, 3.63) is 119 Å². The minimum Gasteiger partial charge on any atom is -0.291 e. The van der Waals surface area contributed by atoms with Crippen molar-refractivity contribution in [2.45, 2.75) is 12.5 Å². The standard InChI is InChI=1S/C23H18ClN3O/c1-17-14-20(12-13-21(17)24)23(27-16-25-15-26-27,19-10-6-3-7-11-19)22(28)18-8-4-2-5-9-18/h2-16H,1H3. The Morgan fingerprint density at radius 2 is 1.61 bits per heavy atom. The highest BCUT2D eigenvalue weighted by Crippen LogP contribution is 2.38. The second-order valence-electron chi connectivity index (χ2n) is 6.58. The number of hydrogen-bond acceptors (Lipinski definition) is 3. The van der Waals surface area contributed by atoms with E-state index in [-0.39, 0.29) is 5.78 Å².